The van der Waals surface area contributed by atoms with E-state index in [9.17, 15) is 0 Å². The molecule has 2 fully saturated rings. The number of para-hydroxylation sites is 2. The van der Waals surface area contributed by atoms with Crippen molar-refractivity contribution in [3.05, 3.63) is 36.7 Å². The van der Waals surface area contributed by atoms with E-state index in [4.69, 9.17) is 19.4 Å². The Bertz CT molecular complexity index is 1030. The minimum atomic E-state index is 0.132. The highest BCUT2D eigenvalue weighted by atomic mass is 16.5. The molecule has 0 bridgehead atoms. The minimum Gasteiger partial charge on any atom is -0.378 e. The van der Waals surface area contributed by atoms with E-state index in [0.717, 1.165) is 42.3 Å². The first-order valence-corrected chi connectivity index (χ1v) is 10.7. The summed E-state index contributed by atoms with van der Waals surface area (Å²) in [5.74, 6) is 2.49. The smallest absolute Gasteiger partial charge is 0.239 e. The average molecular weight is 409 g/mol. The largest absolute Gasteiger partial charge is 0.378 e. The summed E-state index contributed by atoms with van der Waals surface area (Å²) in [6, 6.07) is 10.4. The Kier molecular flexibility index (Phi) is 5.04. The summed E-state index contributed by atoms with van der Waals surface area (Å²) in [5, 5.41) is 0. The fourth-order valence-electron chi connectivity index (χ4n) is 4.26. The number of morpholine rings is 2. The van der Waals surface area contributed by atoms with Crippen molar-refractivity contribution in [1.29, 1.82) is 0 Å². The zero-order valence-corrected chi connectivity index (χ0v) is 17.7. The predicted molar refractivity (Wildman–Crippen MR) is 117 cm³/mol. The zero-order chi connectivity index (χ0) is 20.7. The Hall–Kier alpha value is -2.71. The molecule has 8 heteroatoms. The number of rotatable bonds is 3. The third-order valence-corrected chi connectivity index (χ3v) is 6.06. The molecule has 2 aliphatic rings. The number of anilines is 2. The van der Waals surface area contributed by atoms with Crippen LogP contribution >= 0.6 is 0 Å². The molecular formula is C22H28N6O2. The molecule has 2 aliphatic heterocycles. The molecule has 0 aliphatic carbocycles. The van der Waals surface area contributed by atoms with Crippen molar-refractivity contribution in [3.63, 3.8) is 0 Å². The van der Waals surface area contributed by atoms with Gasteiger partial charge in [-0.3, -0.25) is 4.57 Å². The van der Waals surface area contributed by atoms with Gasteiger partial charge < -0.3 is 19.3 Å². The lowest BCUT2D eigenvalue weighted by atomic mass is 10.1. The molecule has 0 amide bonds. The van der Waals surface area contributed by atoms with Crippen molar-refractivity contribution in [2.24, 2.45) is 0 Å². The molecule has 2 aromatic heterocycles. The maximum absolute atomic E-state index is 6.03. The number of nitrogens with zero attached hydrogens (tertiary/aromatic N) is 6. The predicted octanol–water partition coefficient (Wildman–Crippen LogP) is 2.65. The van der Waals surface area contributed by atoms with E-state index in [-0.39, 0.29) is 18.2 Å². The summed E-state index contributed by atoms with van der Waals surface area (Å²) in [4.78, 5) is 19.1. The van der Waals surface area contributed by atoms with Crippen LogP contribution in [0.5, 0.6) is 0 Å². The summed E-state index contributed by atoms with van der Waals surface area (Å²) in [7, 11) is 0. The van der Waals surface area contributed by atoms with Crippen LogP contribution in [0.1, 0.15) is 20.8 Å². The molecule has 4 heterocycles. The summed E-state index contributed by atoms with van der Waals surface area (Å²) in [6.45, 7) is 10.3. The number of imidazole rings is 1. The van der Waals surface area contributed by atoms with Crippen LogP contribution in [0, 0.1) is 0 Å². The van der Waals surface area contributed by atoms with Crippen LogP contribution in [-0.4, -0.2) is 70.6 Å². The van der Waals surface area contributed by atoms with Gasteiger partial charge in [0.15, 0.2) is 0 Å². The topological polar surface area (TPSA) is 68.5 Å². The van der Waals surface area contributed by atoms with Crippen molar-refractivity contribution in [1.82, 2.24) is 19.5 Å². The summed E-state index contributed by atoms with van der Waals surface area (Å²) in [6.07, 6.45) is 2.09. The number of hydrogen-bond donors (Lipinski definition) is 0. The lowest BCUT2D eigenvalue weighted by Crippen LogP contribution is -2.52. The van der Waals surface area contributed by atoms with E-state index in [1.807, 2.05) is 28.8 Å². The van der Waals surface area contributed by atoms with Crippen LogP contribution in [0.3, 0.4) is 0 Å². The Morgan fingerprint density at radius 1 is 1.00 bits per heavy atom. The maximum Gasteiger partial charge on any atom is 0.239 e. The fourth-order valence-corrected chi connectivity index (χ4v) is 4.26. The lowest BCUT2D eigenvalue weighted by Gasteiger charge is -2.42. The third kappa shape index (κ3) is 3.50. The third-order valence-electron chi connectivity index (χ3n) is 6.06. The van der Waals surface area contributed by atoms with Gasteiger partial charge >= 0.3 is 0 Å². The molecule has 3 unspecified atom stereocenters. The van der Waals surface area contributed by atoms with Gasteiger partial charge in [0.1, 0.15) is 18.0 Å². The summed E-state index contributed by atoms with van der Waals surface area (Å²) in [5.41, 5.74) is 1.93. The van der Waals surface area contributed by atoms with Gasteiger partial charge in [0.25, 0.3) is 0 Å². The van der Waals surface area contributed by atoms with Gasteiger partial charge in [-0.25, -0.2) is 4.98 Å². The maximum atomic E-state index is 6.03. The van der Waals surface area contributed by atoms with E-state index >= 15 is 0 Å². The van der Waals surface area contributed by atoms with E-state index in [2.05, 4.69) is 41.6 Å². The highest BCUT2D eigenvalue weighted by molar-refractivity contribution is 5.76. The molecule has 3 atom stereocenters. The molecule has 1 aromatic carbocycles. The van der Waals surface area contributed by atoms with Crippen molar-refractivity contribution in [3.8, 4) is 5.95 Å². The Morgan fingerprint density at radius 2 is 1.77 bits per heavy atom. The summed E-state index contributed by atoms with van der Waals surface area (Å²) >= 11 is 0. The van der Waals surface area contributed by atoms with Crippen molar-refractivity contribution < 1.29 is 9.47 Å². The monoisotopic (exact) mass is 408 g/mol. The molecule has 5 rings (SSSR count). The normalized spacial score (nSPS) is 25.1. The van der Waals surface area contributed by atoms with Crippen LogP contribution in [0.15, 0.2) is 36.7 Å². The standard InChI is InChI=1S/C22H28N6O2/c1-15-13-27(16(2)17(3)30-15)21-12-20(26-8-10-29-11-9-26)24-22(25-21)28-14-23-18-6-4-5-7-19(18)28/h4-7,12,14-17H,8-11,13H2,1-3H3. The Balaban J connectivity index is 1.62. The lowest BCUT2D eigenvalue weighted by molar-refractivity contribution is -0.0260. The van der Waals surface area contributed by atoms with Crippen molar-refractivity contribution >= 4 is 22.7 Å². The van der Waals surface area contributed by atoms with Gasteiger partial charge in [0.2, 0.25) is 5.95 Å². The highest BCUT2D eigenvalue weighted by Crippen LogP contribution is 2.28. The van der Waals surface area contributed by atoms with Gasteiger partial charge in [-0.05, 0) is 32.9 Å². The second-order valence-electron chi connectivity index (χ2n) is 8.13. The molecule has 0 radical (unpaired) electrons. The average Bonchev–Trinajstić information content (AvgIpc) is 3.21. The summed E-state index contributed by atoms with van der Waals surface area (Å²) < 4.78 is 13.5. The first kappa shape index (κ1) is 19.3. The molecule has 2 saturated heterocycles. The molecule has 158 valence electrons. The second kappa shape index (κ2) is 7.85. The Labute approximate surface area is 176 Å². The van der Waals surface area contributed by atoms with E-state index in [1.54, 1.807) is 6.33 Å². The van der Waals surface area contributed by atoms with E-state index in [0.29, 0.717) is 19.2 Å². The van der Waals surface area contributed by atoms with Gasteiger partial charge in [-0.1, -0.05) is 12.1 Å². The van der Waals surface area contributed by atoms with Gasteiger partial charge in [0.05, 0.1) is 42.5 Å². The fraction of sp³-hybridized carbons (Fsp3) is 0.500. The highest BCUT2D eigenvalue weighted by Gasteiger charge is 2.31. The number of benzene rings is 1. The van der Waals surface area contributed by atoms with Gasteiger partial charge in [-0.2, -0.15) is 9.97 Å². The van der Waals surface area contributed by atoms with E-state index in [1.165, 1.54) is 0 Å². The van der Waals surface area contributed by atoms with Crippen molar-refractivity contribution in [2.75, 3.05) is 42.6 Å². The number of fused-ring (bicyclic) bond motifs is 1. The SMILES string of the molecule is CC1CN(c2cc(N3CCOCC3)nc(-n3cnc4ccccc43)n2)C(C)C(C)O1. The molecule has 30 heavy (non-hydrogen) atoms. The van der Waals surface area contributed by atoms with Gasteiger partial charge in [-0.15, -0.1) is 0 Å². The number of hydrogen-bond acceptors (Lipinski definition) is 7. The van der Waals surface area contributed by atoms with Crippen molar-refractivity contribution in [2.45, 2.75) is 39.0 Å². The van der Waals surface area contributed by atoms with Crippen LogP contribution < -0.4 is 9.80 Å². The molecule has 0 saturated carbocycles. The van der Waals surface area contributed by atoms with Gasteiger partial charge in [0, 0.05) is 25.7 Å². The quantitative estimate of drug-likeness (QED) is 0.660. The number of aromatic nitrogens is 4. The number of ether oxygens (including phenoxy) is 2. The van der Waals surface area contributed by atoms with Crippen LogP contribution in [0.4, 0.5) is 11.6 Å². The molecule has 8 nitrogen and oxygen atoms in total. The first-order valence-electron chi connectivity index (χ1n) is 10.7. The molecule has 0 spiro atoms. The van der Waals surface area contributed by atoms with E-state index < -0.39 is 0 Å². The van der Waals surface area contributed by atoms with Crippen LogP contribution in [-0.2, 0) is 9.47 Å². The first-order chi connectivity index (χ1) is 14.6. The minimum absolute atomic E-state index is 0.132. The van der Waals surface area contributed by atoms with Crippen LogP contribution in [0.25, 0.3) is 17.0 Å². The zero-order valence-electron chi connectivity index (χ0n) is 17.7. The Morgan fingerprint density at radius 3 is 2.60 bits per heavy atom. The molecule has 0 N–H and O–H groups in total. The molecular weight excluding hydrogens is 380 g/mol. The van der Waals surface area contributed by atoms with Crippen LogP contribution in [0.2, 0.25) is 0 Å². The molecule has 3 aromatic rings. The second-order valence-corrected chi connectivity index (χ2v) is 8.13.